The average molecular weight is 624 g/mol. The highest BCUT2D eigenvalue weighted by atomic mass is 35.5. The van der Waals surface area contributed by atoms with Crippen molar-refractivity contribution in [1.29, 1.82) is 0 Å². The number of urea groups is 1. The zero-order valence-corrected chi connectivity index (χ0v) is 25.3. The molecule has 1 unspecified atom stereocenters. The lowest BCUT2D eigenvalue weighted by molar-refractivity contribution is -0.121. The lowest BCUT2D eigenvalue weighted by Crippen LogP contribution is -2.57. The smallest absolute Gasteiger partial charge is 0.321 e. The highest BCUT2D eigenvalue weighted by Crippen LogP contribution is 2.26. The predicted octanol–water partition coefficient (Wildman–Crippen LogP) is 5.11. The van der Waals surface area contributed by atoms with Gasteiger partial charge in [-0.25, -0.2) is 14.8 Å². The van der Waals surface area contributed by atoms with Gasteiger partial charge in [-0.2, -0.15) is 4.98 Å². The van der Waals surface area contributed by atoms with E-state index in [1.165, 1.54) is 0 Å². The number of carbonyl (C=O) groups excluding carboxylic acids is 2. The monoisotopic (exact) mass is 622 g/mol. The van der Waals surface area contributed by atoms with Gasteiger partial charge in [0.2, 0.25) is 11.9 Å². The van der Waals surface area contributed by atoms with Crippen LogP contribution in [-0.2, 0) is 11.3 Å². The van der Waals surface area contributed by atoms with Crippen molar-refractivity contribution in [3.8, 4) is 11.7 Å². The Morgan fingerprint density at radius 1 is 1.05 bits per heavy atom. The third kappa shape index (κ3) is 7.74. The zero-order chi connectivity index (χ0) is 30.3. The number of benzene rings is 2. The minimum absolute atomic E-state index is 0.142. The molecular formula is C30H32Cl2N8O3. The van der Waals surface area contributed by atoms with Crippen molar-refractivity contribution in [3.63, 3.8) is 0 Å². The molecule has 3 heterocycles. The summed E-state index contributed by atoms with van der Waals surface area (Å²) in [5.41, 5.74) is 2.26. The molecule has 1 aliphatic heterocycles. The van der Waals surface area contributed by atoms with Gasteiger partial charge in [0, 0.05) is 62.4 Å². The molecule has 1 saturated heterocycles. The van der Waals surface area contributed by atoms with Crippen LogP contribution in [0.4, 0.5) is 16.3 Å². The number of carbonyl (C=O) groups is 2. The van der Waals surface area contributed by atoms with Crippen molar-refractivity contribution in [2.24, 2.45) is 0 Å². The fourth-order valence-corrected chi connectivity index (χ4v) is 5.12. The number of hydrogen-bond donors (Lipinski definition) is 2. The van der Waals surface area contributed by atoms with Crippen LogP contribution in [0.3, 0.4) is 0 Å². The van der Waals surface area contributed by atoms with Gasteiger partial charge in [-0.3, -0.25) is 9.36 Å². The molecule has 11 nitrogen and oxygen atoms in total. The first kappa shape index (κ1) is 30.1. The van der Waals surface area contributed by atoms with E-state index in [0.717, 1.165) is 17.0 Å². The summed E-state index contributed by atoms with van der Waals surface area (Å²) >= 11 is 12.2. The molecule has 2 N–H and O–H groups in total. The van der Waals surface area contributed by atoms with E-state index >= 15 is 0 Å². The molecule has 43 heavy (non-hydrogen) atoms. The first-order chi connectivity index (χ1) is 20.8. The molecule has 1 atom stereocenters. The highest BCUT2D eigenvalue weighted by Gasteiger charge is 2.32. The molecule has 0 radical (unpaired) electrons. The summed E-state index contributed by atoms with van der Waals surface area (Å²) in [5.74, 6) is 1.79. The van der Waals surface area contributed by atoms with Gasteiger partial charge in [-0.1, -0.05) is 35.3 Å². The number of piperazine rings is 1. The second-order valence-electron chi connectivity index (χ2n) is 10.0. The summed E-state index contributed by atoms with van der Waals surface area (Å²) < 4.78 is 7.23. The second-order valence-corrected chi connectivity index (χ2v) is 10.9. The van der Waals surface area contributed by atoms with Gasteiger partial charge < -0.3 is 25.2 Å². The Morgan fingerprint density at radius 2 is 1.86 bits per heavy atom. The average Bonchev–Trinajstić information content (AvgIpc) is 3.54. The minimum atomic E-state index is -0.349. The third-order valence-electron chi connectivity index (χ3n) is 6.94. The molecule has 0 aliphatic carbocycles. The summed E-state index contributed by atoms with van der Waals surface area (Å²) in [7, 11) is 0. The van der Waals surface area contributed by atoms with Crippen LogP contribution in [0.25, 0.3) is 5.95 Å². The Bertz CT molecular complexity index is 1570. The van der Waals surface area contributed by atoms with Gasteiger partial charge in [0.1, 0.15) is 17.9 Å². The number of ether oxygens (including phenoxy) is 1. The van der Waals surface area contributed by atoms with Crippen molar-refractivity contribution in [2.45, 2.75) is 32.9 Å². The van der Waals surface area contributed by atoms with Crippen LogP contribution in [0.5, 0.6) is 5.75 Å². The van der Waals surface area contributed by atoms with E-state index in [0.29, 0.717) is 60.3 Å². The zero-order valence-electron chi connectivity index (χ0n) is 23.8. The van der Waals surface area contributed by atoms with Gasteiger partial charge >= 0.3 is 6.03 Å². The van der Waals surface area contributed by atoms with Crippen LogP contribution in [0.15, 0.2) is 67.3 Å². The lowest BCUT2D eigenvalue weighted by Gasteiger charge is -2.42. The maximum absolute atomic E-state index is 13.3. The normalized spacial score (nSPS) is 14.8. The van der Waals surface area contributed by atoms with E-state index in [2.05, 4.69) is 25.5 Å². The van der Waals surface area contributed by atoms with Gasteiger partial charge in [-0.15, -0.1) is 0 Å². The molecule has 1 aliphatic rings. The van der Waals surface area contributed by atoms with Crippen molar-refractivity contribution < 1.29 is 14.3 Å². The predicted molar refractivity (Wildman–Crippen MR) is 166 cm³/mol. The molecule has 2 aromatic heterocycles. The Morgan fingerprint density at radius 3 is 2.58 bits per heavy atom. The molecule has 224 valence electrons. The van der Waals surface area contributed by atoms with E-state index in [4.69, 9.17) is 32.9 Å². The van der Waals surface area contributed by atoms with Crippen LogP contribution in [0, 0.1) is 6.92 Å². The van der Waals surface area contributed by atoms with E-state index < -0.39 is 0 Å². The summed E-state index contributed by atoms with van der Waals surface area (Å²) in [5, 5.41) is 6.65. The Balaban J connectivity index is 1.32. The maximum atomic E-state index is 13.3. The molecule has 0 spiro atoms. The summed E-state index contributed by atoms with van der Waals surface area (Å²) in [4.78, 5) is 43.7. The van der Waals surface area contributed by atoms with Crippen LogP contribution in [-0.4, -0.2) is 68.6 Å². The van der Waals surface area contributed by atoms with E-state index in [9.17, 15) is 9.59 Å². The van der Waals surface area contributed by atoms with Gasteiger partial charge in [-0.05, 0) is 49.7 Å². The largest absolute Gasteiger partial charge is 0.494 e. The Hall–Kier alpha value is -4.35. The Kier molecular flexibility index (Phi) is 9.63. The molecule has 0 saturated carbocycles. The molecule has 2 aromatic carbocycles. The lowest BCUT2D eigenvalue weighted by atomic mass is 10.1. The SMILES string of the molecule is CCOc1ccc(CNC(=O)CC2CN(C(=O)Nc3ccc(Cl)c(Cl)c3)CCN2c2cc(C)nc(-n3ccnc3)n2)cc1. The number of halogens is 2. The fourth-order valence-electron chi connectivity index (χ4n) is 4.83. The number of imidazole rings is 1. The van der Waals surface area contributed by atoms with Gasteiger partial charge in [0.25, 0.3) is 0 Å². The van der Waals surface area contributed by atoms with Crippen molar-refractivity contribution in [1.82, 2.24) is 29.7 Å². The van der Waals surface area contributed by atoms with E-state index in [-0.39, 0.29) is 24.4 Å². The summed E-state index contributed by atoms with van der Waals surface area (Å²) in [6, 6.07) is 13.8. The van der Waals surface area contributed by atoms with E-state index in [1.54, 1.807) is 46.4 Å². The third-order valence-corrected chi connectivity index (χ3v) is 7.68. The second kappa shape index (κ2) is 13.7. The molecular weight excluding hydrogens is 591 g/mol. The molecule has 5 rings (SSSR count). The molecule has 13 heteroatoms. The summed E-state index contributed by atoms with van der Waals surface area (Å²) in [6.45, 7) is 5.97. The fraction of sp³-hybridized carbons (Fsp3) is 0.300. The van der Waals surface area contributed by atoms with Crippen molar-refractivity contribution >= 4 is 46.6 Å². The number of hydrogen-bond acceptors (Lipinski definition) is 7. The standard InChI is InChI=1S/C30H32Cl2N8O3/c1-3-43-24-7-4-21(5-8-24)17-34-28(41)16-23-18-38(30(42)36-22-6-9-25(31)26(32)15-22)12-13-40(23)27-14-20(2)35-29(37-27)39-11-10-33-19-39/h4-11,14-15,19,23H,3,12-13,16-18H2,1-2H3,(H,34,41)(H,36,42). The van der Waals surface area contributed by atoms with E-state index in [1.807, 2.05) is 44.2 Å². The highest BCUT2D eigenvalue weighted by molar-refractivity contribution is 6.42. The number of aromatic nitrogens is 4. The molecule has 3 amide bonds. The first-order valence-corrected chi connectivity index (χ1v) is 14.6. The molecule has 4 aromatic rings. The number of amides is 3. The number of anilines is 2. The number of rotatable bonds is 9. The summed E-state index contributed by atoms with van der Waals surface area (Å²) in [6.07, 6.45) is 5.22. The number of nitrogens with one attached hydrogen (secondary N) is 2. The number of aryl methyl sites for hydroxylation is 1. The van der Waals surface area contributed by atoms with Gasteiger partial charge in [0.15, 0.2) is 0 Å². The molecule has 1 fully saturated rings. The van der Waals surface area contributed by atoms with Gasteiger partial charge in [0.05, 0.1) is 22.7 Å². The maximum Gasteiger partial charge on any atom is 0.321 e. The van der Waals surface area contributed by atoms with Crippen LogP contribution < -0.4 is 20.3 Å². The minimum Gasteiger partial charge on any atom is -0.494 e. The van der Waals surface area contributed by atoms with Crippen molar-refractivity contribution in [3.05, 3.63) is 88.6 Å². The van der Waals surface area contributed by atoms with Crippen molar-refractivity contribution in [2.75, 3.05) is 36.5 Å². The first-order valence-electron chi connectivity index (χ1n) is 13.9. The Labute approximate surface area is 259 Å². The van der Waals surface area contributed by atoms with Crippen LogP contribution >= 0.6 is 23.2 Å². The topological polar surface area (TPSA) is 118 Å². The van der Waals surface area contributed by atoms with Crippen LogP contribution in [0.2, 0.25) is 10.0 Å². The quantitative estimate of drug-likeness (QED) is 0.266. The van der Waals surface area contributed by atoms with Crippen LogP contribution in [0.1, 0.15) is 24.6 Å². The molecule has 0 bridgehead atoms. The number of nitrogens with zero attached hydrogens (tertiary/aromatic N) is 6.